The number of anilines is 2. The molecule has 9 heteroatoms. The van der Waals surface area contributed by atoms with Crippen LogP contribution in [0.3, 0.4) is 0 Å². The maximum atomic E-state index is 4.70. The second-order valence-electron chi connectivity index (χ2n) is 13.7. The molecule has 1 aliphatic heterocycles. The third-order valence-corrected chi connectivity index (χ3v) is 9.88. The van der Waals surface area contributed by atoms with E-state index in [-0.39, 0.29) is 0 Å². The van der Waals surface area contributed by atoms with Crippen molar-refractivity contribution in [2.75, 3.05) is 57.1 Å². The van der Waals surface area contributed by atoms with Crippen LogP contribution in [-0.2, 0) is 0 Å². The molecule has 8 aromatic rings. The van der Waals surface area contributed by atoms with Gasteiger partial charge < -0.3 is 14.7 Å². The zero-order valence-corrected chi connectivity index (χ0v) is 30.7. The molecule has 9 nitrogen and oxygen atoms in total. The number of likely N-dealkylation sites (N-methyl/N-ethyl adjacent to an activating group) is 1. The number of benzene rings is 4. The van der Waals surface area contributed by atoms with Gasteiger partial charge in [-0.1, -0.05) is 72.8 Å². The molecule has 1 fully saturated rings. The molecule has 4 aromatic heterocycles. The fourth-order valence-corrected chi connectivity index (χ4v) is 6.77. The van der Waals surface area contributed by atoms with E-state index in [2.05, 4.69) is 139 Å². The van der Waals surface area contributed by atoms with Crippen molar-refractivity contribution in [1.82, 2.24) is 35.3 Å². The van der Waals surface area contributed by atoms with Crippen LogP contribution in [0.25, 0.3) is 66.3 Å². The standard InChI is InChI=1S/C24H23N5.C21H18N4/c1-28-12-14-29(15-13-28)23-17-22(19-8-10-25-11-9-19)24(27-26-23)21-7-6-18-4-2-3-5-20(18)16-21;1-25(2)20-14-19(16-9-11-22-12-10-16)21(24-23-20)18-8-7-15-5-3-4-6-17(15)13-18/h2-11,16-17H,12-15H2,1H3;3-14H,1-2H3. The monoisotopic (exact) mass is 707 g/mol. The van der Waals surface area contributed by atoms with Gasteiger partial charge in [0, 0.05) is 87.3 Å². The van der Waals surface area contributed by atoms with Gasteiger partial charge in [-0.3, -0.25) is 9.97 Å². The smallest absolute Gasteiger partial charge is 0.151 e. The summed E-state index contributed by atoms with van der Waals surface area (Å²) >= 11 is 0. The van der Waals surface area contributed by atoms with Crippen molar-refractivity contribution in [3.8, 4) is 44.8 Å². The van der Waals surface area contributed by atoms with Crippen LogP contribution in [0.2, 0.25) is 0 Å². The maximum absolute atomic E-state index is 4.70. The number of aromatic nitrogens is 6. The minimum absolute atomic E-state index is 0.830. The molecular formula is C45H41N9. The lowest BCUT2D eigenvalue weighted by atomic mass is 9.98. The second-order valence-corrected chi connectivity index (χ2v) is 13.7. The second kappa shape index (κ2) is 15.6. The van der Waals surface area contributed by atoms with E-state index in [1.165, 1.54) is 21.5 Å². The number of nitrogens with zero attached hydrogens (tertiary/aromatic N) is 9. The van der Waals surface area contributed by atoms with E-state index in [0.717, 1.165) is 82.6 Å². The Morgan fingerprint density at radius 3 is 1.46 bits per heavy atom. The first-order chi connectivity index (χ1) is 26.5. The minimum Gasteiger partial charge on any atom is -0.361 e. The van der Waals surface area contributed by atoms with Crippen LogP contribution in [0.4, 0.5) is 11.6 Å². The summed E-state index contributed by atoms with van der Waals surface area (Å²) < 4.78 is 0. The summed E-state index contributed by atoms with van der Waals surface area (Å²) in [6.07, 6.45) is 7.26. The molecule has 1 saturated heterocycles. The molecule has 0 radical (unpaired) electrons. The molecule has 266 valence electrons. The molecular weight excluding hydrogens is 667 g/mol. The number of hydrogen-bond donors (Lipinski definition) is 0. The summed E-state index contributed by atoms with van der Waals surface area (Å²) in [6, 6.07) is 41.9. The normalized spacial score (nSPS) is 13.1. The Labute approximate surface area is 315 Å². The van der Waals surface area contributed by atoms with Crippen LogP contribution < -0.4 is 9.80 Å². The first-order valence-corrected chi connectivity index (χ1v) is 18.2. The summed E-state index contributed by atoms with van der Waals surface area (Å²) in [7, 11) is 6.10. The van der Waals surface area contributed by atoms with Crippen LogP contribution in [0.1, 0.15) is 0 Å². The average Bonchev–Trinajstić information content (AvgIpc) is 3.24. The Morgan fingerprint density at radius 2 is 0.944 bits per heavy atom. The molecule has 5 heterocycles. The SMILES string of the molecule is CN(C)c1cc(-c2ccncc2)c(-c2ccc3ccccc3c2)nn1.CN1CCN(c2cc(-c3ccncc3)c(-c3ccc4ccccc4c3)nn2)CC1. The van der Waals surface area contributed by atoms with Crippen molar-refractivity contribution in [2.45, 2.75) is 0 Å². The maximum Gasteiger partial charge on any atom is 0.151 e. The van der Waals surface area contributed by atoms with E-state index in [4.69, 9.17) is 5.10 Å². The van der Waals surface area contributed by atoms with E-state index in [1.54, 1.807) is 12.4 Å². The highest BCUT2D eigenvalue weighted by Crippen LogP contribution is 2.35. The summed E-state index contributed by atoms with van der Waals surface area (Å²) in [5.41, 5.74) is 8.24. The highest BCUT2D eigenvalue weighted by Gasteiger charge is 2.19. The number of pyridine rings is 2. The molecule has 0 unspecified atom stereocenters. The van der Waals surface area contributed by atoms with Gasteiger partial charge in [-0.25, -0.2) is 0 Å². The average molecular weight is 708 g/mol. The van der Waals surface area contributed by atoms with Crippen molar-refractivity contribution in [3.63, 3.8) is 0 Å². The van der Waals surface area contributed by atoms with Crippen LogP contribution in [0.15, 0.2) is 146 Å². The topological polar surface area (TPSA) is 87.1 Å². The van der Waals surface area contributed by atoms with Crippen molar-refractivity contribution >= 4 is 33.2 Å². The lowest BCUT2D eigenvalue weighted by Crippen LogP contribution is -2.44. The molecule has 0 N–H and O–H groups in total. The van der Waals surface area contributed by atoms with Crippen molar-refractivity contribution in [2.24, 2.45) is 0 Å². The van der Waals surface area contributed by atoms with Crippen LogP contribution >= 0.6 is 0 Å². The Bertz CT molecular complexity index is 2510. The molecule has 0 saturated carbocycles. The molecule has 4 aromatic carbocycles. The van der Waals surface area contributed by atoms with E-state index >= 15 is 0 Å². The van der Waals surface area contributed by atoms with Gasteiger partial charge in [0.2, 0.25) is 0 Å². The summed E-state index contributed by atoms with van der Waals surface area (Å²) in [4.78, 5) is 14.9. The van der Waals surface area contributed by atoms with Crippen molar-refractivity contribution in [1.29, 1.82) is 0 Å². The quantitative estimate of drug-likeness (QED) is 0.169. The molecule has 0 bridgehead atoms. The first-order valence-electron chi connectivity index (χ1n) is 18.2. The van der Waals surface area contributed by atoms with E-state index in [0.29, 0.717) is 0 Å². The van der Waals surface area contributed by atoms with E-state index in [9.17, 15) is 0 Å². The van der Waals surface area contributed by atoms with Gasteiger partial charge in [-0.05, 0) is 88.3 Å². The zero-order chi connectivity index (χ0) is 36.9. The Morgan fingerprint density at radius 1 is 0.463 bits per heavy atom. The fraction of sp³-hybridized carbons (Fsp3) is 0.156. The largest absolute Gasteiger partial charge is 0.361 e. The summed E-state index contributed by atoms with van der Waals surface area (Å²) in [5, 5.41) is 23.1. The Kier molecular flexibility index (Phi) is 9.95. The predicted molar refractivity (Wildman–Crippen MR) is 220 cm³/mol. The van der Waals surface area contributed by atoms with Crippen LogP contribution in [0.5, 0.6) is 0 Å². The molecule has 0 atom stereocenters. The van der Waals surface area contributed by atoms with Crippen molar-refractivity contribution < 1.29 is 0 Å². The van der Waals surface area contributed by atoms with Gasteiger partial charge in [0.15, 0.2) is 11.6 Å². The van der Waals surface area contributed by atoms with Crippen molar-refractivity contribution in [3.05, 3.63) is 146 Å². The third-order valence-electron chi connectivity index (χ3n) is 9.88. The molecule has 0 spiro atoms. The van der Waals surface area contributed by atoms with Gasteiger partial charge in [0.1, 0.15) is 11.4 Å². The zero-order valence-electron chi connectivity index (χ0n) is 30.7. The Balaban J connectivity index is 0.000000155. The molecule has 1 aliphatic rings. The fourth-order valence-electron chi connectivity index (χ4n) is 6.77. The predicted octanol–water partition coefficient (Wildman–Crippen LogP) is 8.54. The van der Waals surface area contributed by atoms with Gasteiger partial charge in [-0.15, -0.1) is 20.4 Å². The van der Waals surface area contributed by atoms with Crippen LogP contribution in [-0.4, -0.2) is 82.6 Å². The molecule has 0 amide bonds. The lowest BCUT2D eigenvalue weighted by Gasteiger charge is -2.33. The number of fused-ring (bicyclic) bond motifs is 2. The Hall–Kier alpha value is -6.58. The molecule has 9 rings (SSSR count). The van der Waals surface area contributed by atoms with Crippen LogP contribution in [0, 0.1) is 0 Å². The van der Waals surface area contributed by atoms with E-state index in [1.807, 2.05) is 55.7 Å². The lowest BCUT2D eigenvalue weighted by molar-refractivity contribution is 0.312. The van der Waals surface area contributed by atoms with E-state index < -0.39 is 0 Å². The molecule has 54 heavy (non-hydrogen) atoms. The number of hydrogen-bond acceptors (Lipinski definition) is 9. The van der Waals surface area contributed by atoms with Gasteiger partial charge in [0.25, 0.3) is 0 Å². The highest BCUT2D eigenvalue weighted by molar-refractivity contribution is 5.91. The molecule has 0 aliphatic carbocycles. The summed E-state index contributed by atoms with van der Waals surface area (Å²) in [5.74, 6) is 1.77. The first kappa shape index (κ1) is 34.5. The summed E-state index contributed by atoms with van der Waals surface area (Å²) in [6.45, 7) is 4.02. The number of rotatable bonds is 6. The van der Waals surface area contributed by atoms with Gasteiger partial charge >= 0.3 is 0 Å². The van der Waals surface area contributed by atoms with Gasteiger partial charge in [0.05, 0.1) is 0 Å². The third kappa shape index (κ3) is 7.49. The highest BCUT2D eigenvalue weighted by atomic mass is 15.3. The number of piperazine rings is 1. The van der Waals surface area contributed by atoms with Gasteiger partial charge in [-0.2, -0.15) is 0 Å². The minimum atomic E-state index is 0.830.